The zero-order valence-electron chi connectivity index (χ0n) is 13.5. The SMILES string of the molecule is CCOc1ccc(CC(=O)N(CC)c2cccc(C)c2)cc1. The van der Waals surface area contributed by atoms with Gasteiger partial charge in [0.05, 0.1) is 13.0 Å². The number of hydrogen-bond acceptors (Lipinski definition) is 2. The molecule has 0 aliphatic heterocycles. The van der Waals surface area contributed by atoms with E-state index in [2.05, 4.69) is 0 Å². The molecule has 2 aromatic rings. The Morgan fingerprint density at radius 3 is 2.41 bits per heavy atom. The second-order valence-electron chi connectivity index (χ2n) is 5.23. The van der Waals surface area contributed by atoms with E-state index in [1.165, 1.54) is 0 Å². The van der Waals surface area contributed by atoms with Gasteiger partial charge in [0.15, 0.2) is 0 Å². The minimum absolute atomic E-state index is 0.109. The molecule has 0 aliphatic carbocycles. The average Bonchev–Trinajstić information content (AvgIpc) is 2.50. The highest BCUT2D eigenvalue weighted by Gasteiger charge is 2.14. The van der Waals surface area contributed by atoms with Crippen molar-refractivity contribution in [1.82, 2.24) is 0 Å². The van der Waals surface area contributed by atoms with E-state index in [-0.39, 0.29) is 5.91 Å². The average molecular weight is 297 g/mol. The van der Waals surface area contributed by atoms with Crippen molar-refractivity contribution >= 4 is 11.6 Å². The van der Waals surface area contributed by atoms with Gasteiger partial charge in [-0.3, -0.25) is 4.79 Å². The fourth-order valence-corrected chi connectivity index (χ4v) is 2.44. The van der Waals surface area contributed by atoms with Gasteiger partial charge in [0.25, 0.3) is 0 Å². The molecule has 22 heavy (non-hydrogen) atoms. The third-order valence-electron chi connectivity index (χ3n) is 3.52. The molecule has 116 valence electrons. The van der Waals surface area contributed by atoms with Gasteiger partial charge in [0.2, 0.25) is 5.91 Å². The van der Waals surface area contributed by atoms with Crippen LogP contribution in [0.3, 0.4) is 0 Å². The molecular formula is C19H23NO2. The van der Waals surface area contributed by atoms with E-state index < -0.39 is 0 Å². The first-order chi connectivity index (χ1) is 10.6. The number of anilines is 1. The minimum atomic E-state index is 0.109. The maximum atomic E-state index is 12.6. The summed E-state index contributed by atoms with van der Waals surface area (Å²) >= 11 is 0. The summed E-state index contributed by atoms with van der Waals surface area (Å²) in [5, 5.41) is 0. The van der Waals surface area contributed by atoms with E-state index >= 15 is 0 Å². The van der Waals surface area contributed by atoms with Crippen LogP contribution in [-0.4, -0.2) is 19.1 Å². The number of carbonyl (C=O) groups is 1. The molecular weight excluding hydrogens is 274 g/mol. The molecule has 2 rings (SSSR count). The molecule has 0 fully saturated rings. The van der Waals surface area contributed by atoms with Gasteiger partial charge in [0, 0.05) is 12.2 Å². The van der Waals surface area contributed by atoms with Crippen LogP contribution in [0.25, 0.3) is 0 Å². The summed E-state index contributed by atoms with van der Waals surface area (Å²) in [7, 11) is 0. The number of rotatable bonds is 6. The fourth-order valence-electron chi connectivity index (χ4n) is 2.44. The molecule has 0 aliphatic rings. The smallest absolute Gasteiger partial charge is 0.231 e. The highest BCUT2D eigenvalue weighted by molar-refractivity contribution is 5.94. The second-order valence-corrected chi connectivity index (χ2v) is 5.23. The van der Waals surface area contributed by atoms with Gasteiger partial charge in [-0.15, -0.1) is 0 Å². The maximum Gasteiger partial charge on any atom is 0.231 e. The first kappa shape index (κ1) is 16.1. The molecule has 0 saturated carbocycles. The lowest BCUT2D eigenvalue weighted by Crippen LogP contribution is -2.32. The Morgan fingerprint density at radius 1 is 1.09 bits per heavy atom. The lowest BCUT2D eigenvalue weighted by Gasteiger charge is -2.21. The van der Waals surface area contributed by atoms with Crippen molar-refractivity contribution in [2.24, 2.45) is 0 Å². The Morgan fingerprint density at radius 2 is 1.82 bits per heavy atom. The van der Waals surface area contributed by atoms with Gasteiger partial charge in [-0.1, -0.05) is 24.3 Å². The lowest BCUT2D eigenvalue weighted by atomic mass is 10.1. The summed E-state index contributed by atoms with van der Waals surface area (Å²) in [6.45, 7) is 7.31. The molecule has 0 spiro atoms. The topological polar surface area (TPSA) is 29.5 Å². The summed E-state index contributed by atoms with van der Waals surface area (Å²) in [5.41, 5.74) is 3.11. The van der Waals surface area contributed by atoms with Crippen molar-refractivity contribution in [2.75, 3.05) is 18.1 Å². The molecule has 3 heteroatoms. The second kappa shape index (κ2) is 7.64. The van der Waals surface area contributed by atoms with Crippen molar-refractivity contribution < 1.29 is 9.53 Å². The summed E-state index contributed by atoms with van der Waals surface area (Å²) in [6.07, 6.45) is 0.397. The largest absolute Gasteiger partial charge is 0.494 e. The summed E-state index contributed by atoms with van der Waals surface area (Å²) in [5.74, 6) is 0.946. The Bertz CT molecular complexity index is 620. The lowest BCUT2D eigenvalue weighted by molar-refractivity contribution is -0.117. The predicted molar refractivity (Wildman–Crippen MR) is 90.5 cm³/mol. The van der Waals surface area contributed by atoms with E-state index in [1.807, 2.05) is 74.2 Å². The first-order valence-corrected chi connectivity index (χ1v) is 7.72. The van der Waals surface area contributed by atoms with Crippen LogP contribution in [0, 0.1) is 6.92 Å². The Labute approximate surface area is 132 Å². The van der Waals surface area contributed by atoms with Crippen molar-refractivity contribution in [3.63, 3.8) is 0 Å². The van der Waals surface area contributed by atoms with Gasteiger partial charge in [-0.25, -0.2) is 0 Å². The van der Waals surface area contributed by atoms with Crippen molar-refractivity contribution in [2.45, 2.75) is 27.2 Å². The number of carbonyl (C=O) groups excluding carboxylic acids is 1. The number of likely N-dealkylation sites (N-methyl/N-ethyl adjacent to an activating group) is 1. The number of nitrogens with zero attached hydrogens (tertiary/aromatic N) is 1. The first-order valence-electron chi connectivity index (χ1n) is 7.72. The molecule has 0 atom stereocenters. The van der Waals surface area contributed by atoms with Gasteiger partial charge >= 0.3 is 0 Å². The molecule has 1 amide bonds. The zero-order chi connectivity index (χ0) is 15.9. The van der Waals surface area contributed by atoms with Crippen molar-refractivity contribution in [3.8, 4) is 5.75 Å². The monoisotopic (exact) mass is 297 g/mol. The third kappa shape index (κ3) is 4.10. The summed E-state index contributed by atoms with van der Waals surface area (Å²) in [6, 6.07) is 15.8. The van der Waals surface area contributed by atoms with E-state index in [4.69, 9.17) is 4.74 Å². The predicted octanol–water partition coefficient (Wildman–Crippen LogP) is 3.99. The van der Waals surface area contributed by atoms with E-state index in [0.717, 1.165) is 22.6 Å². The molecule has 0 saturated heterocycles. The van der Waals surface area contributed by atoms with Crippen molar-refractivity contribution in [3.05, 3.63) is 59.7 Å². The van der Waals surface area contributed by atoms with Crippen molar-refractivity contribution in [1.29, 1.82) is 0 Å². The van der Waals surface area contributed by atoms with Crippen LogP contribution in [0.1, 0.15) is 25.0 Å². The highest BCUT2D eigenvalue weighted by atomic mass is 16.5. The van der Waals surface area contributed by atoms with Gasteiger partial charge in [-0.05, 0) is 56.2 Å². The van der Waals surface area contributed by atoms with Crippen LogP contribution < -0.4 is 9.64 Å². The number of benzene rings is 2. The zero-order valence-corrected chi connectivity index (χ0v) is 13.5. The van der Waals surface area contributed by atoms with Gasteiger partial charge in [0.1, 0.15) is 5.75 Å². The Hall–Kier alpha value is -2.29. The number of hydrogen-bond donors (Lipinski definition) is 0. The number of ether oxygens (including phenoxy) is 1. The van der Waals surface area contributed by atoms with E-state index in [0.29, 0.717) is 19.6 Å². The number of aryl methyl sites for hydroxylation is 1. The molecule has 0 unspecified atom stereocenters. The van der Waals surface area contributed by atoms with Crippen LogP contribution in [0.4, 0.5) is 5.69 Å². The third-order valence-corrected chi connectivity index (χ3v) is 3.52. The highest BCUT2D eigenvalue weighted by Crippen LogP contribution is 2.18. The molecule has 3 nitrogen and oxygen atoms in total. The Kier molecular flexibility index (Phi) is 5.59. The van der Waals surface area contributed by atoms with Crippen LogP contribution in [0.15, 0.2) is 48.5 Å². The summed E-state index contributed by atoms with van der Waals surface area (Å²) < 4.78 is 5.42. The normalized spacial score (nSPS) is 10.3. The van der Waals surface area contributed by atoms with Crippen LogP contribution in [0.5, 0.6) is 5.75 Å². The van der Waals surface area contributed by atoms with Crippen LogP contribution >= 0.6 is 0 Å². The number of amides is 1. The molecule has 0 bridgehead atoms. The molecule has 0 N–H and O–H groups in total. The Balaban J connectivity index is 2.09. The minimum Gasteiger partial charge on any atom is -0.494 e. The van der Waals surface area contributed by atoms with Crippen LogP contribution in [-0.2, 0) is 11.2 Å². The standard InChI is InChI=1S/C19H23NO2/c1-4-20(17-8-6-7-15(3)13-17)19(21)14-16-9-11-18(12-10-16)22-5-2/h6-13H,4-5,14H2,1-3H3. The molecule has 0 radical (unpaired) electrons. The quantitative estimate of drug-likeness (QED) is 0.807. The fraction of sp³-hybridized carbons (Fsp3) is 0.316. The van der Waals surface area contributed by atoms with Gasteiger partial charge in [-0.2, -0.15) is 0 Å². The van der Waals surface area contributed by atoms with E-state index in [1.54, 1.807) is 0 Å². The molecule has 0 heterocycles. The van der Waals surface area contributed by atoms with E-state index in [9.17, 15) is 4.79 Å². The summed E-state index contributed by atoms with van der Waals surface area (Å²) in [4.78, 5) is 14.4. The van der Waals surface area contributed by atoms with Gasteiger partial charge < -0.3 is 9.64 Å². The molecule has 0 aromatic heterocycles. The van der Waals surface area contributed by atoms with Crippen LogP contribution in [0.2, 0.25) is 0 Å². The molecule has 2 aromatic carbocycles. The maximum absolute atomic E-state index is 12.6.